The van der Waals surface area contributed by atoms with E-state index in [0.717, 1.165) is 5.56 Å². The first-order valence-electron chi connectivity index (χ1n) is 8.33. The number of halogens is 1. The second-order valence-electron chi connectivity index (χ2n) is 6.47. The molecule has 0 aliphatic rings. The zero-order chi connectivity index (χ0) is 19.4. The van der Waals surface area contributed by atoms with Crippen LogP contribution in [0.4, 0.5) is 14.9 Å². The van der Waals surface area contributed by atoms with E-state index < -0.39 is 6.04 Å². The number of amides is 3. The summed E-state index contributed by atoms with van der Waals surface area (Å²) in [4.78, 5) is 27.6. The number of rotatable bonds is 4. The van der Waals surface area contributed by atoms with Crippen LogP contribution < -0.4 is 5.32 Å². The van der Waals surface area contributed by atoms with Gasteiger partial charge in [0.2, 0.25) is 0 Å². The number of hydrogen-bond donors (Lipinski definition) is 1. The molecular formula is C20H24FN3O2. The second-order valence-corrected chi connectivity index (χ2v) is 6.47. The van der Waals surface area contributed by atoms with Crippen LogP contribution in [0.5, 0.6) is 0 Å². The molecule has 5 nitrogen and oxygen atoms in total. The summed E-state index contributed by atoms with van der Waals surface area (Å²) in [6.45, 7) is 3.61. The molecule has 138 valence electrons. The summed E-state index contributed by atoms with van der Waals surface area (Å²) in [6.07, 6.45) is 0. The molecule has 1 unspecified atom stereocenters. The number of nitrogens with zero attached hydrogens (tertiary/aromatic N) is 2. The van der Waals surface area contributed by atoms with Crippen LogP contribution in [-0.4, -0.2) is 42.9 Å². The highest BCUT2D eigenvalue weighted by atomic mass is 19.1. The average molecular weight is 357 g/mol. The van der Waals surface area contributed by atoms with E-state index in [2.05, 4.69) is 5.32 Å². The Balaban J connectivity index is 2.20. The summed E-state index contributed by atoms with van der Waals surface area (Å²) >= 11 is 0. The lowest BCUT2D eigenvalue weighted by atomic mass is 10.1. The number of hydrogen-bond acceptors (Lipinski definition) is 2. The molecule has 0 heterocycles. The van der Waals surface area contributed by atoms with Gasteiger partial charge in [0.05, 0.1) is 6.04 Å². The number of nitrogens with one attached hydrogen (secondary N) is 1. The van der Waals surface area contributed by atoms with Crippen molar-refractivity contribution in [1.82, 2.24) is 9.80 Å². The van der Waals surface area contributed by atoms with Crippen LogP contribution in [0.2, 0.25) is 0 Å². The number of carbonyl (C=O) groups is 2. The molecule has 6 heteroatoms. The van der Waals surface area contributed by atoms with Crippen LogP contribution in [0, 0.1) is 12.7 Å². The van der Waals surface area contributed by atoms with Crippen molar-refractivity contribution in [3.05, 3.63) is 65.0 Å². The van der Waals surface area contributed by atoms with Gasteiger partial charge in [-0.05, 0) is 37.6 Å². The van der Waals surface area contributed by atoms with Crippen molar-refractivity contribution in [2.24, 2.45) is 0 Å². The molecule has 0 aliphatic heterocycles. The summed E-state index contributed by atoms with van der Waals surface area (Å²) in [5.41, 5.74) is 2.31. The molecule has 0 radical (unpaired) electrons. The maximum atomic E-state index is 14.0. The molecular weight excluding hydrogens is 333 g/mol. The van der Waals surface area contributed by atoms with Crippen molar-refractivity contribution in [1.29, 1.82) is 0 Å². The van der Waals surface area contributed by atoms with E-state index in [0.29, 0.717) is 16.8 Å². The van der Waals surface area contributed by atoms with Gasteiger partial charge in [-0.15, -0.1) is 0 Å². The predicted octanol–water partition coefficient (Wildman–Crippen LogP) is 4.06. The molecule has 0 aliphatic carbocycles. The monoisotopic (exact) mass is 357 g/mol. The minimum Gasteiger partial charge on any atom is -0.345 e. The Hall–Kier alpha value is -2.89. The Morgan fingerprint density at radius 2 is 1.73 bits per heavy atom. The second kappa shape index (κ2) is 7.99. The van der Waals surface area contributed by atoms with Gasteiger partial charge >= 0.3 is 6.03 Å². The molecule has 0 aromatic heterocycles. The van der Waals surface area contributed by atoms with E-state index in [1.54, 1.807) is 64.5 Å². The van der Waals surface area contributed by atoms with Gasteiger partial charge in [0.25, 0.3) is 5.91 Å². The summed E-state index contributed by atoms with van der Waals surface area (Å²) in [6, 6.07) is 10.7. The van der Waals surface area contributed by atoms with Crippen molar-refractivity contribution in [3.63, 3.8) is 0 Å². The van der Waals surface area contributed by atoms with Gasteiger partial charge in [0.1, 0.15) is 5.82 Å². The zero-order valence-corrected chi connectivity index (χ0v) is 15.7. The Bertz CT molecular complexity index is 820. The topological polar surface area (TPSA) is 52.7 Å². The molecule has 3 amide bonds. The van der Waals surface area contributed by atoms with Crippen molar-refractivity contribution < 1.29 is 14.0 Å². The molecule has 0 saturated heterocycles. The van der Waals surface area contributed by atoms with Gasteiger partial charge in [-0.25, -0.2) is 9.18 Å². The van der Waals surface area contributed by atoms with Gasteiger partial charge < -0.3 is 15.1 Å². The number of carbonyl (C=O) groups excluding carboxylic acids is 2. The van der Waals surface area contributed by atoms with Crippen molar-refractivity contribution in [2.45, 2.75) is 19.9 Å². The molecule has 26 heavy (non-hydrogen) atoms. The fraction of sp³-hybridized carbons (Fsp3) is 0.300. The van der Waals surface area contributed by atoms with Crippen LogP contribution in [0.25, 0.3) is 0 Å². The lowest BCUT2D eigenvalue weighted by Gasteiger charge is -2.26. The quantitative estimate of drug-likeness (QED) is 0.897. The minimum absolute atomic E-state index is 0.145. The molecule has 0 spiro atoms. The first kappa shape index (κ1) is 19.4. The lowest BCUT2D eigenvalue weighted by Crippen LogP contribution is -2.34. The Labute approximate surface area is 153 Å². The van der Waals surface area contributed by atoms with Crippen LogP contribution in [0.1, 0.15) is 34.5 Å². The van der Waals surface area contributed by atoms with E-state index in [1.807, 2.05) is 6.92 Å². The Kier molecular flexibility index (Phi) is 5.97. The van der Waals surface area contributed by atoms with E-state index in [-0.39, 0.29) is 17.8 Å². The normalized spacial score (nSPS) is 11.6. The highest BCUT2D eigenvalue weighted by Gasteiger charge is 2.21. The molecule has 0 fully saturated rings. The highest BCUT2D eigenvalue weighted by Crippen LogP contribution is 2.23. The zero-order valence-electron chi connectivity index (χ0n) is 15.7. The fourth-order valence-corrected chi connectivity index (χ4v) is 2.55. The van der Waals surface area contributed by atoms with Gasteiger partial charge in [-0.1, -0.05) is 24.3 Å². The maximum absolute atomic E-state index is 14.0. The van der Waals surface area contributed by atoms with E-state index in [1.165, 1.54) is 15.9 Å². The van der Waals surface area contributed by atoms with E-state index >= 15 is 0 Å². The van der Waals surface area contributed by atoms with Crippen molar-refractivity contribution >= 4 is 17.6 Å². The van der Waals surface area contributed by atoms with Gasteiger partial charge in [0, 0.05) is 38.0 Å². The standard InChI is InChI=1S/C20H24FN3O2/c1-13-10-11-15(19(25)23(3)4)12-18(13)22-20(26)24(5)14(2)16-8-6-7-9-17(16)21/h6-12,14H,1-5H3,(H,22,26). The molecule has 2 aromatic carbocycles. The summed E-state index contributed by atoms with van der Waals surface area (Å²) in [7, 11) is 4.95. The number of urea groups is 1. The number of aryl methyl sites for hydroxylation is 1. The Morgan fingerprint density at radius 1 is 1.08 bits per heavy atom. The van der Waals surface area contributed by atoms with Crippen LogP contribution >= 0.6 is 0 Å². The molecule has 2 aromatic rings. The van der Waals surface area contributed by atoms with Gasteiger partial charge in [-0.3, -0.25) is 4.79 Å². The van der Waals surface area contributed by atoms with Crippen LogP contribution in [0.15, 0.2) is 42.5 Å². The third-order valence-electron chi connectivity index (χ3n) is 4.39. The third kappa shape index (κ3) is 4.20. The first-order valence-corrected chi connectivity index (χ1v) is 8.33. The van der Waals surface area contributed by atoms with Gasteiger partial charge in [-0.2, -0.15) is 0 Å². The SMILES string of the molecule is Cc1ccc(C(=O)N(C)C)cc1NC(=O)N(C)C(C)c1ccccc1F. The molecule has 1 atom stereocenters. The van der Waals surface area contributed by atoms with Crippen molar-refractivity contribution in [2.75, 3.05) is 26.5 Å². The summed E-state index contributed by atoms with van der Waals surface area (Å²) in [5.74, 6) is -0.497. The predicted molar refractivity (Wildman–Crippen MR) is 101 cm³/mol. The maximum Gasteiger partial charge on any atom is 0.322 e. The molecule has 0 bridgehead atoms. The molecule has 0 saturated carbocycles. The van der Waals surface area contributed by atoms with E-state index in [4.69, 9.17) is 0 Å². The summed E-state index contributed by atoms with van der Waals surface area (Å²) in [5, 5.41) is 2.81. The smallest absolute Gasteiger partial charge is 0.322 e. The highest BCUT2D eigenvalue weighted by molar-refractivity contribution is 5.97. The summed E-state index contributed by atoms with van der Waals surface area (Å²) < 4.78 is 14.0. The number of benzene rings is 2. The molecule has 2 rings (SSSR count). The first-order chi connectivity index (χ1) is 12.2. The minimum atomic E-state index is -0.442. The lowest BCUT2D eigenvalue weighted by molar-refractivity contribution is 0.0827. The average Bonchev–Trinajstić information content (AvgIpc) is 2.62. The number of anilines is 1. The third-order valence-corrected chi connectivity index (χ3v) is 4.39. The van der Waals surface area contributed by atoms with Gasteiger partial charge in [0.15, 0.2) is 0 Å². The van der Waals surface area contributed by atoms with Crippen LogP contribution in [0.3, 0.4) is 0 Å². The van der Waals surface area contributed by atoms with Crippen molar-refractivity contribution in [3.8, 4) is 0 Å². The van der Waals surface area contributed by atoms with Crippen LogP contribution in [-0.2, 0) is 0 Å². The Morgan fingerprint density at radius 3 is 2.35 bits per heavy atom. The largest absolute Gasteiger partial charge is 0.345 e. The van der Waals surface area contributed by atoms with E-state index in [9.17, 15) is 14.0 Å². The molecule has 1 N–H and O–H groups in total. The fourth-order valence-electron chi connectivity index (χ4n) is 2.55.